The van der Waals surface area contributed by atoms with Gasteiger partial charge in [0, 0.05) is 12.2 Å². The largest absolute Gasteiger partial charge is 0.444 e. The first-order valence-corrected chi connectivity index (χ1v) is 9.54. The second kappa shape index (κ2) is 10.4. The number of para-hydroxylation sites is 1. The van der Waals surface area contributed by atoms with E-state index in [1.807, 2.05) is 44.5 Å². The topological polar surface area (TPSA) is 80.3 Å². The molecule has 156 valence electrons. The molecule has 1 aromatic carbocycles. The average Bonchev–Trinajstić information content (AvgIpc) is 3.18. The normalized spacial score (nSPS) is 11.3. The third-order valence-electron chi connectivity index (χ3n) is 4.46. The maximum atomic E-state index is 5.63. The molecule has 0 saturated carbocycles. The highest BCUT2D eigenvalue weighted by atomic mass is 127. The predicted octanol–water partition coefficient (Wildman–Crippen LogP) is 3.97. The van der Waals surface area contributed by atoms with Crippen molar-refractivity contribution in [1.29, 1.82) is 0 Å². The molecular formula is C21H29IN6O. The Labute approximate surface area is 189 Å². The highest BCUT2D eigenvalue weighted by molar-refractivity contribution is 14.0. The SMILES string of the molecule is CCNC(=NCc1ccccc1-n1nc(C)cc1C)NCc1nc(C)c(C)o1.I. The maximum Gasteiger partial charge on any atom is 0.214 e. The third-order valence-corrected chi connectivity index (χ3v) is 4.46. The summed E-state index contributed by atoms with van der Waals surface area (Å²) in [4.78, 5) is 9.14. The Balaban J connectivity index is 0.00000300. The molecule has 0 aliphatic heterocycles. The number of halogens is 1. The van der Waals surface area contributed by atoms with E-state index in [2.05, 4.69) is 45.8 Å². The summed E-state index contributed by atoms with van der Waals surface area (Å²) in [5.41, 5.74) is 5.17. The fraction of sp³-hybridized carbons (Fsp3) is 0.381. The Bertz CT molecular complexity index is 956. The summed E-state index contributed by atoms with van der Waals surface area (Å²) in [6.07, 6.45) is 0. The first-order chi connectivity index (χ1) is 13.5. The summed E-state index contributed by atoms with van der Waals surface area (Å²) < 4.78 is 7.60. The van der Waals surface area contributed by atoms with Crippen molar-refractivity contribution in [3.05, 3.63) is 64.6 Å². The summed E-state index contributed by atoms with van der Waals surface area (Å²) in [6.45, 7) is 11.8. The standard InChI is InChI=1S/C21H28N6O.HI/c1-6-22-21(24-13-20-25-16(4)17(5)28-20)23-12-18-9-7-8-10-19(18)27-15(3)11-14(2)26-27;/h7-11H,6,12-13H2,1-5H3,(H2,22,23,24);1H. The lowest BCUT2D eigenvalue weighted by Crippen LogP contribution is -2.36. The van der Waals surface area contributed by atoms with Gasteiger partial charge in [-0.1, -0.05) is 18.2 Å². The second-order valence-corrected chi connectivity index (χ2v) is 6.77. The van der Waals surface area contributed by atoms with Crippen molar-refractivity contribution in [2.45, 2.75) is 47.7 Å². The van der Waals surface area contributed by atoms with Gasteiger partial charge in [-0.3, -0.25) is 0 Å². The Morgan fingerprint density at radius 2 is 1.90 bits per heavy atom. The van der Waals surface area contributed by atoms with Gasteiger partial charge in [-0.2, -0.15) is 5.10 Å². The van der Waals surface area contributed by atoms with Gasteiger partial charge in [0.15, 0.2) is 5.96 Å². The minimum atomic E-state index is 0. The fourth-order valence-corrected chi connectivity index (χ4v) is 3.00. The van der Waals surface area contributed by atoms with Gasteiger partial charge in [-0.25, -0.2) is 14.7 Å². The third kappa shape index (κ3) is 5.81. The van der Waals surface area contributed by atoms with E-state index in [1.54, 1.807) is 0 Å². The van der Waals surface area contributed by atoms with Crippen LogP contribution in [0.15, 0.2) is 39.7 Å². The van der Waals surface area contributed by atoms with Gasteiger partial charge < -0.3 is 15.1 Å². The van der Waals surface area contributed by atoms with Crippen LogP contribution in [0.3, 0.4) is 0 Å². The van der Waals surface area contributed by atoms with Crippen molar-refractivity contribution in [1.82, 2.24) is 25.4 Å². The number of aliphatic imine (C=N–C) groups is 1. The van der Waals surface area contributed by atoms with E-state index in [9.17, 15) is 0 Å². The number of aromatic nitrogens is 3. The molecule has 7 nitrogen and oxygen atoms in total. The van der Waals surface area contributed by atoms with Crippen LogP contribution < -0.4 is 10.6 Å². The first kappa shape index (κ1) is 22.9. The van der Waals surface area contributed by atoms with Gasteiger partial charge in [0.25, 0.3) is 0 Å². The number of aryl methyl sites for hydroxylation is 4. The van der Waals surface area contributed by atoms with Crippen LogP contribution in [0.1, 0.15) is 41.2 Å². The minimum Gasteiger partial charge on any atom is -0.444 e. The van der Waals surface area contributed by atoms with E-state index < -0.39 is 0 Å². The fourth-order valence-electron chi connectivity index (χ4n) is 3.00. The van der Waals surface area contributed by atoms with Crippen molar-refractivity contribution in [2.24, 2.45) is 4.99 Å². The molecular weight excluding hydrogens is 479 g/mol. The Hall–Kier alpha value is -2.36. The lowest BCUT2D eigenvalue weighted by atomic mass is 10.2. The summed E-state index contributed by atoms with van der Waals surface area (Å²) in [6, 6.07) is 10.3. The molecule has 2 N–H and O–H groups in total. The lowest BCUT2D eigenvalue weighted by molar-refractivity contribution is 0.463. The van der Waals surface area contributed by atoms with E-state index in [0.717, 1.165) is 46.6 Å². The molecule has 0 saturated heterocycles. The molecule has 0 bridgehead atoms. The monoisotopic (exact) mass is 508 g/mol. The number of nitrogens with zero attached hydrogens (tertiary/aromatic N) is 4. The lowest BCUT2D eigenvalue weighted by Gasteiger charge is -2.12. The molecule has 0 fully saturated rings. The van der Waals surface area contributed by atoms with E-state index in [0.29, 0.717) is 19.0 Å². The molecule has 0 spiro atoms. The zero-order valence-electron chi connectivity index (χ0n) is 17.6. The Kier molecular flexibility index (Phi) is 8.24. The van der Waals surface area contributed by atoms with E-state index in [1.165, 1.54) is 0 Å². The molecule has 0 aliphatic carbocycles. The van der Waals surface area contributed by atoms with Gasteiger partial charge in [-0.05, 0) is 52.3 Å². The molecule has 8 heteroatoms. The van der Waals surface area contributed by atoms with Gasteiger partial charge in [0.05, 0.1) is 30.2 Å². The number of hydrogen-bond donors (Lipinski definition) is 2. The number of hydrogen-bond acceptors (Lipinski definition) is 4. The molecule has 0 unspecified atom stereocenters. The van der Waals surface area contributed by atoms with Crippen LogP contribution in [0.4, 0.5) is 0 Å². The molecule has 2 heterocycles. The van der Waals surface area contributed by atoms with Crippen LogP contribution >= 0.6 is 24.0 Å². The maximum absolute atomic E-state index is 5.63. The first-order valence-electron chi connectivity index (χ1n) is 9.54. The zero-order chi connectivity index (χ0) is 20.1. The molecule has 0 aliphatic rings. The number of oxazole rings is 1. The zero-order valence-corrected chi connectivity index (χ0v) is 19.9. The van der Waals surface area contributed by atoms with Gasteiger partial charge in [0.1, 0.15) is 5.76 Å². The van der Waals surface area contributed by atoms with Crippen LogP contribution in [-0.4, -0.2) is 27.3 Å². The summed E-state index contributed by atoms with van der Waals surface area (Å²) in [7, 11) is 0. The van der Waals surface area contributed by atoms with Crippen molar-refractivity contribution in [2.75, 3.05) is 6.54 Å². The van der Waals surface area contributed by atoms with Crippen molar-refractivity contribution < 1.29 is 4.42 Å². The highest BCUT2D eigenvalue weighted by Gasteiger charge is 2.10. The summed E-state index contributed by atoms with van der Waals surface area (Å²) in [5.74, 6) is 2.22. The second-order valence-electron chi connectivity index (χ2n) is 6.77. The molecule has 0 radical (unpaired) electrons. The number of benzene rings is 1. The predicted molar refractivity (Wildman–Crippen MR) is 126 cm³/mol. The quantitative estimate of drug-likeness (QED) is 0.299. The number of nitrogens with one attached hydrogen (secondary N) is 2. The van der Waals surface area contributed by atoms with Gasteiger partial charge in [-0.15, -0.1) is 24.0 Å². The van der Waals surface area contributed by atoms with E-state index in [-0.39, 0.29) is 24.0 Å². The van der Waals surface area contributed by atoms with Gasteiger partial charge >= 0.3 is 0 Å². The van der Waals surface area contributed by atoms with Crippen LogP contribution in [-0.2, 0) is 13.1 Å². The van der Waals surface area contributed by atoms with Crippen LogP contribution in [0.2, 0.25) is 0 Å². The number of guanidine groups is 1. The van der Waals surface area contributed by atoms with Crippen molar-refractivity contribution in [3.8, 4) is 5.69 Å². The van der Waals surface area contributed by atoms with Crippen LogP contribution in [0.5, 0.6) is 0 Å². The van der Waals surface area contributed by atoms with Crippen LogP contribution in [0.25, 0.3) is 5.69 Å². The van der Waals surface area contributed by atoms with E-state index in [4.69, 9.17) is 9.41 Å². The Morgan fingerprint density at radius 3 is 2.52 bits per heavy atom. The smallest absolute Gasteiger partial charge is 0.214 e. The summed E-state index contributed by atoms with van der Waals surface area (Å²) >= 11 is 0. The highest BCUT2D eigenvalue weighted by Crippen LogP contribution is 2.17. The minimum absolute atomic E-state index is 0. The summed E-state index contributed by atoms with van der Waals surface area (Å²) in [5, 5.41) is 11.2. The molecule has 2 aromatic heterocycles. The average molecular weight is 508 g/mol. The van der Waals surface area contributed by atoms with E-state index >= 15 is 0 Å². The molecule has 0 atom stereocenters. The molecule has 3 rings (SSSR count). The van der Waals surface area contributed by atoms with Crippen molar-refractivity contribution >= 4 is 29.9 Å². The molecule has 29 heavy (non-hydrogen) atoms. The van der Waals surface area contributed by atoms with Crippen LogP contribution in [0, 0.1) is 27.7 Å². The van der Waals surface area contributed by atoms with Crippen molar-refractivity contribution in [3.63, 3.8) is 0 Å². The van der Waals surface area contributed by atoms with Gasteiger partial charge in [0.2, 0.25) is 5.89 Å². The Morgan fingerprint density at radius 1 is 1.14 bits per heavy atom. The molecule has 0 amide bonds. The molecule has 3 aromatic rings. The number of rotatable bonds is 6.